The number of hydrogen-bond donors (Lipinski definition) is 1. The van der Waals surface area contributed by atoms with Gasteiger partial charge >= 0.3 is 0 Å². The van der Waals surface area contributed by atoms with Crippen LogP contribution in [0.5, 0.6) is 0 Å². The summed E-state index contributed by atoms with van der Waals surface area (Å²) in [5, 5.41) is 7.04. The lowest BCUT2D eigenvalue weighted by molar-refractivity contribution is -0.122. The van der Waals surface area contributed by atoms with Crippen LogP contribution in [0.2, 0.25) is 5.02 Å². The van der Waals surface area contributed by atoms with Crippen molar-refractivity contribution >= 4 is 39.7 Å². The van der Waals surface area contributed by atoms with Crippen LogP contribution in [0.25, 0.3) is 21.5 Å². The minimum absolute atomic E-state index is 0.0233. The van der Waals surface area contributed by atoms with Gasteiger partial charge in [0.1, 0.15) is 6.54 Å². The first-order chi connectivity index (χ1) is 15.5. The van der Waals surface area contributed by atoms with E-state index >= 15 is 0 Å². The van der Waals surface area contributed by atoms with Crippen molar-refractivity contribution in [2.45, 2.75) is 32.5 Å². The Morgan fingerprint density at radius 3 is 2.66 bits per heavy atom. The van der Waals surface area contributed by atoms with Gasteiger partial charge in [-0.25, -0.2) is 0 Å². The molecule has 4 aromatic rings. The van der Waals surface area contributed by atoms with Crippen LogP contribution in [-0.2, 0) is 17.9 Å². The van der Waals surface area contributed by atoms with Crippen molar-refractivity contribution in [2.75, 3.05) is 13.6 Å². The molecule has 4 rings (SSSR count). The lowest BCUT2D eigenvalue weighted by Crippen LogP contribution is -2.43. The molecule has 0 bridgehead atoms. The van der Waals surface area contributed by atoms with Gasteiger partial charge in [-0.3, -0.25) is 4.79 Å². The lowest BCUT2D eigenvalue weighted by atomic mass is 10.1. The maximum absolute atomic E-state index is 13.1. The van der Waals surface area contributed by atoms with Crippen molar-refractivity contribution in [3.63, 3.8) is 0 Å². The standard InChI is InChI=1S/C26H28ClN3OS/c1-3-22(17-29(2)16-19-8-5-4-6-9-19)28-26(31)18-30-23-12-11-21(27)14-20(23)15-24(30)25-10-7-13-32-25/h4-15,22H,3,16-18H2,1-2H3,(H,28,31)/t22-/m0/s1. The Bertz CT molecular complexity index is 1170. The van der Waals surface area contributed by atoms with E-state index in [-0.39, 0.29) is 18.5 Å². The Balaban J connectivity index is 1.47. The number of carbonyl (C=O) groups excluding carboxylic acids is 1. The molecule has 2 heterocycles. The van der Waals surface area contributed by atoms with E-state index in [0.717, 1.165) is 41.0 Å². The van der Waals surface area contributed by atoms with Gasteiger partial charge in [0.05, 0.1) is 10.6 Å². The molecule has 2 aromatic heterocycles. The zero-order chi connectivity index (χ0) is 22.5. The Kier molecular flexibility index (Phi) is 7.30. The topological polar surface area (TPSA) is 37.3 Å². The second-order valence-electron chi connectivity index (χ2n) is 8.15. The molecule has 1 amide bonds. The maximum atomic E-state index is 13.1. The summed E-state index contributed by atoms with van der Waals surface area (Å²) in [5.41, 5.74) is 3.33. The van der Waals surface area contributed by atoms with E-state index in [1.54, 1.807) is 11.3 Å². The highest BCUT2D eigenvalue weighted by atomic mass is 35.5. The largest absolute Gasteiger partial charge is 0.351 e. The van der Waals surface area contributed by atoms with Crippen molar-refractivity contribution in [1.82, 2.24) is 14.8 Å². The minimum atomic E-state index is 0.0233. The van der Waals surface area contributed by atoms with Gasteiger partial charge in [-0.15, -0.1) is 11.3 Å². The molecule has 1 atom stereocenters. The molecule has 0 aliphatic heterocycles. The monoisotopic (exact) mass is 465 g/mol. The van der Waals surface area contributed by atoms with Crippen molar-refractivity contribution in [2.24, 2.45) is 0 Å². The fourth-order valence-electron chi connectivity index (χ4n) is 4.07. The number of rotatable bonds is 9. The summed E-state index contributed by atoms with van der Waals surface area (Å²) in [6, 6.07) is 22.6. The van der Waals surface area contributed by atoms with Crippen LogP contribution < -0.4 is 5.32 Å². The molecule has 0 unspecified atom stereocenters. The number of halogens is 1. The summed E-state index contributed by atoms with van der Waals surface area (Å²) in [7, 11) is 2.10. The summed E-state index contributed by atoms with van der Waals surface area (Å²) in [5.74, 6) is 0.0233. The third-order valence-electron chi connectivity index (χ3n) is 5.62. The van der Waals surface area contributed by atoms with Crippen LogP contribution in [0.3, 0.4) is 0 Å². The molecule has 1 N–H and O–H groups in total. The number of nitrogens with zero attached hydrogens (tertiary/aromatic N) is 2. The summed E-state index contributed by atoms with van der Waals surface area (Å²) < 4.78 is 2.09. The highest BCUT2D eigenvalue weighted by Gasteiger charge is 2.17. The van der Waals surface area contributed by atoms with Crippen LogP contribution >= 0.6 is 22.9 Å². The number of aromatic nitrogens is 1. The number of likely N-dealkylation sites (N-methyl/N-ethyl adjacent to an activating group) is 1. The third kappa shape index (κ3) is 5.41. The van der Waals surface area contributed by atoms with Gasteiger partial charge in [0.25, 0.3) is 0 Å². The van der Waals surface area contributed by atoms with Crippen molar-refractivity contribution in [3.05, 3.63) is 82.7 Å². The number of amides is 1. The summed E-state index contributed by atoms with van der Waals surface area (Å²) >= 11 is 7.89. The summed E-state index contributed by atoms with van der Waals surface area (Å²) in [4.78, 5) is 16.5. The number of hydrogen-bond acceptors (Lipinski definition) is 3. The molecule has 0 saturated heterocycles. The lowest BCUT2D eigenvalue weighted by Gasteiger charge is -2.24. The number of carbonyl (C=O) groups is 1. The van der Waals surface area contributed by atoms with E-state index in [1.165, 1.54) is 5.56 Å². The Morgan fingerprint density at radius 2 is 1.94 bits per heavy atom. The average Bonchev–Trinajstić information content (AvgIpc) is 3.42. The molecule has 0 aliphatic carbocycles. The smallest absolute Gasteiger partial charge is 0.240 e. The number of nitrogens with one attached hydrogen (secondary N) is 1. The molecule has 0 fully saturated rings. The second-order valence-corrected chi connectivity index (χ2v) is 9.54. The van der Waals surface area contributed by atoms with E-state index in [2.05, 4.69) is 70.5 Å². The Labute approximate surface area is 198 Å². The van der Waals surface area contributed by atoms with Gasteiger partial charge in [-0.2, -0.15) is 0 Å². The summed E-state index contributed by atoms with van der Waals surface area (Å²) in [6.07, 6.45) is 0.880. The van der Waals surface area contributed by atoms with E-state index in [1.807, 2.05) is 30.3 Å². The highest BCUT2D eigenvalue weighted by Crippen LogP contribution is 2.32. The fraction of sp³-hybridized carbons (Fsp3) is 0.269. The molecule has 32 heavy (non-hydrogen) atoms. The van der Waals surface area contributed by atoms with Crippen molar-refractivity contribution < 1.29 is 4.79 Å². The average molecular weight is 466 g/mol. The van der Waals surface area contributed by atoms with Crippen LogP contribution in [0.4, 0.5) is 0 Å². The van der Waals surface area contributed by atoms with Gasteiger partial charge in [0, 0.05) is 35.1 Å². The third-order valence-corrected chi connectivity index (χ3v) is 6.75. The Morgan fingerprint density at radius 1 is 1.12 bits per heavy atom. The number of fused-ring (bicyclic) bond motifs is 1. The molecule has 166 valence electrons. The first-order valence-corrected chi connectivity index (χ1v) is 12.1. The number of thiophene rings is 1. The van der Waals surface area contributed by atoms with Crippen LogP contribution in [0.15, 0.2) is 72.1 Å². The molecule has 0 spiro atoms. The maximum Gasteiger partial charge on any atom is 0.240 e. The molecular formula is C26H28ClN3OS. The molecule has 6 heteroatoms. The van der Waals surface area contributed by atoms with Gasteiger partial charge < -0.3 is 14.8 Å². The zero-order valence-electron chi connectivity index (χ0n) is 18.4. The number of benzene rings is 2. The molecule has 0 aliphatic rings. The molecular weight excluding hydrogens is 438 g/mol. The van der Waals surface area contributed by atoms with Crippen LogP contribution in [-0.4, -0.2) is 35.0 Å². The summed E-state index contributed by atoms with van der Waals surface area (Å²) in [6.45, 7) is 4.05. The fourth-order valence-corrected chi connectivity index (χ4v) is 5.00. The van der Waals surface area contributed by atoms with E-state index in [4.69, 9.17) is 11.6 Å². The van der Waals surface area contributed by atoms with E-state index in [0.29, 0.717) is 5.02 Å². The second kappa shape index (κ2) is 10.3. The Hall–Kier alpha value is -2.60. The van der Waals surface area contributed by atoms with Gasteiger partial charge in [-0.1, -0.05) is 54.9 Å². The molecule has 2 aromatic carbocycles. The normalized spacial score (nSPS) is 12.4. The van der Waals surface area contributed by atoms with Gasteiger partial charge in [0.15, 0.2) is 0 Å². The van der Waals surface area contributed by atoms with Gasteiger partial charge in [0.2, 0.25) is 5.91 Å². The quantitative estimate of drug-likeness (QED) is 0.326. The first kappa shape index (κ1) is 22.6. The first-order valence-electron chi connectivity index (χ1n) is 10.9. The van der Waals surface area contributed by atoms with Crippen LogP contribution in [0.1, 0.15) is 18.9 Å². The van der Waals surface area contributed by atoms with E-state index in [9.17, 15) is 4.79 Å². The predicted molar refractivity (Wildman–Crippen MR) is 135 cm³/mol. The highest BCUT2D eigenvalue weighted by molar-refractivity contribution is 7.13. The minimum Gasteiger partial charge on any atom is -0.351 e. The SMILES string of the molecule is CC[C@@H](CN(C)Cc1ccccc1)NC(=O)Cn1c(-c2cccs2)cc2cc(Cl)ccc21. The van der Waals surface area contributed by atoms with E-state index < -0.39 is 0 Å². The molecule has 0 saturated carbocycles. The van der Waals surface area contributed by atoms with Crippen molar-refractivity contribution in [3.8, 4) is 10.6 Å². The molecule has 0 radical (unpaired) electrons. The van der Waals surface area contributed by atoms with Crippen LogP contribution in [0, 0.1) is 0 Å². The molecule has 4 nitrogen and oxygen atoms in total. The predicted octanol–water partition coefficient (Wildman–Crippen LogP) is 6.05. The zero-order valence-corrected chi connectivity index (χ0v) is 20.0. The van der Waals surface area contributed by atoms with Crippen molar-refractivity contribution in [1.29, 1.82) is 0 Å². The van der Waals surface area contributed by atoms with Gasteiger partial charge in [-0.05, 0) is 54.7 Å².